The predicted molar refractivity (Wildman–Crippen MR) is 96.4 cm³/mol. The van der Waals surface area contributed by atoms with Gasteiger partial charge < -0.3 is 9.32 Å². The number of halogens is 2. The predicted octanol–water partition coefficient (Wildman–Crippen LogP) is 3.64. The summed E-state index contributed by atoms with van der Waals surface area (Å²) in [7, 11) is 1.77. The molecule has 25 heavy (non-hydrogen) atoms. The molecular formula is C18H21BrFN3O2. The van der Waals surface area contributed by atoms with E-state index in [0.717, 1.165) is 24.8 Å². The number of nitrogens with zero attached hydrogens (tertiary/aromatic N) is 1. The molecule has 1 aliphatic rings. The van der Waals surface area contributed by atoms with Crippen LogP contribution in [0.5, 0.6) is 0 Å². The molecule has 1 saturated heterocycles. The number of benzene rings is 1. The third kappa shape index (κ3) is 4.68. The van der Waals surface area contributed by atoms with Gasteiger partial charge in [0.25, 0.3) is 5.91 Å². The first-order chi connectivity index (χ1) is 12.0. The van der Waals surface area contributed by atoms with Crippen LogP contribution in [0.15, 0.2) is 45.5 Å². The lowest BCUT2D eigenvalue weighted by molar-refractivity contribution is 0.0759. The van der Waals surface area contributed by atoms with Crippen molar-refractivity contribution in [3.63, 3.8) is 0 Å². The van der Waals surface area contributed by atoms with E-state index >= 15 is 0 Å². The molecule has 2 aromatic rings. The lowest BCUT2D eigenvalue weighted by Gasteiger charge is -2.17. The summed E-state index contributed by atoms with van der Waals surface area (Å²) in [4.78, 5) is 13.9. The molecule has 1 aromatic carbocycles. The molecule has 0 radical (unpaired) electrons. The normalized spacial score (nSPS) is 20.0. The molecule has 2 heterocycles. The molecule has 0 spiro atoms. The summed E-state index contributed by atoms with van der Waals surface area (Å²) in [6, 6.07) is 10.5. The molecule has 1 fully saturated rings. The Kier molecular flexibility index (Phi) is 5.88. The van der Waals surface area contributed by atoms with Gasteiger partial charge in [-0.25, -0.2) is 4.39 Å². The highest BCUT2D eigenvalue weighted by atomic mass is 79.9. The smallest absolute Gasteiger partial charge is 0.289 e. The zero-order valence-corrected chi connectivity index (χ0v) is 15.6. The minimum Gasteiger partial charge on any atom is -0.444 e. The maximum absolute atomic E-state index is 13.3. The van der Waals surface area contributed by atoms with Gasteiger partial charge in [0.1, 0.15) is 5.82 Å². The Morgan fingerprint density at radius 1 is 1.36 bits per heavy atom. The van der Waals surface area contributed by atoms with Crippen LogP contribution < -0.4 is 10.9 Å². The molecule has 7 heteroatoms. The van der Waals surface area contributed by atoms with Gasteiger partial charge in [-0.15, -0.1) is 0 Å². The summed E-state index contributed by atoms with van der Waals surface area (Å²) in [5.74, 6) is -0.00510. The van der Waals surface area contributed by atoms with Crippen LogP contribution in [0.25, 0.3) is 0 Å². The number of rotatable bonds is 6. The number of carbonyl (C=O) groups is 1. The van der Waals surface area contributed by atoms with Crippen molar-refractivity contribution in [2.24, 2.45) is 0 Å². The minimum atomic E-state index is -0.215. The number of hydrogen-bond acceptors (Lipinski definition) is 4. The fourth-order valence-corrected chi connectivity index (χ4v) is 3.35. The highest BCUT2D eigenvalue weighted by molar-refractivity contribution is 9.10. The van der Waals surface area contributed by atoms with Crippen molar-refractivity contribution in [3.8, 4) is 0 Å². The Morgan fingerprint density at radius 3 is 2.92 bits per heavy atom. The molecule has 0 saturated carbocycles. The van der Waals surface area contributed by atoms with Crippen LogP contribution in [0, 0.1) is 5.82 Å². The van der Waals surface area contributed by atoms with Crippen LogP contribution in [0.2, 0.25) is 0 Å². The van der Waals surface area contributed by atoms with Gasteiger partial charge in [-0.05, 0) is 65.0 Å². The van der Waals surface area contributed by atoms with Gasteiger partial charge in [-0.2, -0.15) is 0 Å². The molecule has 5 nitrogen and oxygen atoms in total. The van der Waals surface area contributed by atoms with Crippen LogP contribution >= 0.6 is 15.9 Å². The van der Waals surface area contributed by atoms with Gasteiger partial charge in [0.2, 0.25) is 0 Å². The molecular weight excluding hydrogens is 389 g/mol. The molecule has 1 aromatic heterocycles. The fourth-order valence-electron chi connectivity index (χ4n) is 3.05. The second-order valence-corrected chi connectivity index (χ2v) is 7.08. The maximum atomic E-state index is 13.3. The second kappa shape index (κ2) is 8.12. The van der Waals surface area contributed by atoms with Crippen molar-refractivity contribution in [1.82, 2.24) is 15.8 Å². The zero-order chi connectivity index (χ0) is 17.8. The van der Waals surface area contributed by atoms with E-state index in [-0.39, 0.29) is 17.8 Å². The topological polar surface area (TPSA) is 57.5 Å². The van der Waals surface area contributed by atoms with E-state index in [2.05, 4.69) is 26.8 Å². The van der Waals surface area contributed by atoms with Crippen LogP contribution in [0.4, 0.5) is 4.39 Å². The standard InChI is InChI=1S/C18H21BrFN3O2/c1-23(18(24)16-7-8-17(19)25-16)9-3-6-14-11-15(22-21-14)12-4-2-5-13(20)10-12/h2,4-5,7-8,10,14-15,21-22H,3,6,9,11H2,1H3. The Hall–Kier alpha value is -1.70. The van der Waals surface area contributed by atoms with E-state index in [1.54, 1.807) is 36.2 Å². The average molecular weight is 410 g/mol. The first-order valence-electron chi connectivity index (χ1n) is 8.30. The van der Waals surface area contributed by atoms with Crippen LogP contribution in [-0.2, 0) is 0 Å². The van der Waals surface area contributed by atoms with Gasteiger partial charge in [-0.3, -0.25) is 15.6 Å². The van der Waals surface area contributed by atoms with Gasteiger partial charge in [0.05, 0.1) is 0 Å². The van der Waals surface area contributed by atoms with E-state index in [1.807, 2.05) is 6.07 Å². The van der Waals surface area contributed by atoms with Crippen molar-refractivity contribution in [2.75, 3.05) is 13.6 Å². The molecule has 2 N–H and O–H groups in total. The molecule has 2 atom stereocenters. The zero-order valence-electron chi connectivity index (χ0n) is 14.0. The summed E-state index contributed by atoms with van der Waals surface area (Å²) >= 11 is 3.20. The highest BCUT2D eigenvalue weighted by Gasteiger charge is 2.25. The van der Waals surface area contributed by atoms with E-state index in [4.69, 9.17) is 4.42 Å². The third-order valence-corrected chi connectivity index (χ3v) is 4.84. The molecule has 134 valence electrons. The van der Waals surface area contributed by atoms with Gasteiger partial charge in [0, 0.05) is 25.7 Å². The number of furan rings is 1. The van der Waals surface area contributed by atoms with Crippen molar-refractivity contribution in [3.05, 3.63) is 58.2 Å². The van der Waals surface area contributed by atoms with Crippen molar-refractivity contribution in [1.29, 1.82) is 0 Å². The third-order valence-electron chi connectivity index (χ3n) is 4.41. The van der Waals surface area contributed by atoms with E-state index in [0.29, 0.717) is 23.0 Å². The summed E-state index contributed by atoms with van der Waals surface area (Å²) in [5.41, 5.74) is 7.43. The second-order valence-electron chi connectivity index (χ2n) is 6.30. The Bertz CT molecular complexity index is 737. The Morgan fingerprint density at radius 2 is 2.20 bits per heavy atom. The highest BCUT2D eigenvalue weighted by Crippen LogP contribution is 2.24. The van der Waals surface area contributed by atoms with Crippen molar-refractivity contribution >= 4 is 21.8 Å². The van der Waals surface area contributed by atoms with Gasteiger partial charge >= 0.3 is 0 Å². The minimum absolute atomic E-state index is 0.112. The van der Waals surface area contributed by atoms with E-state index < -0.39 is 0 Å². The fraction of sp³-hybridized carbons (Fsp3) is 0.389. The largest absolute Gasteiger partial charge is 0.444 e. The van der Waals surface area contributed by atoms with E-state index in [1.165, 1.54) is 6.07 Å². The Labute approximate surface area is 154 Å². The summed E-state index contributed by atoms with van der Waals surface area (Å²) in [5, 5.41) is 0. The van der Waals surface area contributed by atoms with Gasteiger partial charge in [0.15, 0.2) is 10.4 Å². The number of hydrogen-bond donors (Lipinski definition) is 2. The average Bonchev–Trinajstić information content (AvgIpc) is 3.23. The number of carbonyl (C=O) groups excluding carboxylic acids is 1. The van der Waals surface area contributed by atoms with E-state index in [9.17, 15) is 9.18 Å². The molecule has 2 unspecified atom stereocenters. The molecule has 0 bridgehead atoms. The lowest BCUT2D eigenvalue weighted by Crippen LogP contribution is -2.32. The summed E-state index contributed by atoms with van der Waals surface area (Å²) < 4.78 is 19.2. The molecule has 1 amide bonds. The Balaban J connectivity index is 1.43. The van der Waals surface area contributed by atoms with Crippen molar-refractivity contribution in [2.45, 2.75) is 31.3 Å². The van der Waals surface area contributed by atoms with Crippen LogP contribution in [-0.4, -0.2) is 30.4 Å². The first-order valence-corrected chi connectivity index (χ1v) is 9.09. The monoisotopic (exact) mass is 409 g/mol. The number of amides is 1. The lowest BCUT2D eigenvalue weighted by atomic mass is 9.99. The first kappa shape index (κ1) is 18.1. The summed E-state index contributed by atoms with van der Waals surface area (Å²) in [6.07, 6.45) is 2.70. The maximum Gasteiger partial charge on any atom is 0.289 e. The van der Waals surface area contributed by atoms with Crippen molar-refractivity contribution < 1.29 is 13.6 Å². The quantitative estimate of drug-likeness (QED) is 0.764. The number of nitrogens with one attached hydrogen (secondary N) is 2. The molecule has 3 rings (SSSR count). The summed E-state index contributed by atoms with van der Waals surface area (Å²) in [6.45, 7) is 0.653. The van der Waals surface area contributed by atoms with Crippen LogP contribution in [0.3, 0.4) is 0 Å². The molecule has 0 aliphatic carbocycles. The SMILES string of the molecule is CN(CCCC1CC(c2cccc(F)c2)NN1)C(=O)c1ccc(Br)o1. The number of hydrazine groups is 1. The van der Waals surface area contributed by atoms with Gasteiger partial charge in [-0.1, -0.05) is 12.1 Å². The molecule has 1 aliphatic heterocycles. The van der Waals surface area contributed by atoms with Crippen LogP contribution in [0.1, 0.15) is 41.4 Å².